The van der Waals surface area contributed by atoms with Gasteiger partial charge in [-0.05, 0) is 66.0 Å². The zero-order chi connectivity index (χ0) is 43.5. The minimum atomic E-state index is -1.50. The van der Waals surface area contributed by atoms with Crippen molar-refractivity contribution in [1.29, 1.82) is 0 Å². The second-order valence-corrected chi connectivity index (χ2v) is 17.0. The maximum absolute atomic E-state index is 13.2. The predicted octanol–water partition coefficient (Wildman–Crippen LogP) is 3.01. The molecular formula is C42H69NO15. The van der Waals surface area contributed by atoms with Gasteiger partial charge in [-0.15, -0.1) is 0 Å². The van der Waals surface area contributed by atoms with Crippen molar-refractivity contribution in [2.24, 2.45) is 17.8 Å². The molecule has 0 aliphatic carbocycles. The molecule has 332 valence electrons. The molecule has 0 amide bonds. The summed E-state index contributed by atoms with van der Waals surface area (Å²) in [5.41, 5.74) is -1.50. The monoisotopic (exact) mass is 827 g/mol. The number of ether oxygens (including phenoxy) is 8. The van der Waals surface area contributed by atoms with Crippen LogP contribution in [-0.2, 0) is 57.1 Å². The molecule has 3 heterocycles. The lowest BCUT2D eigenvalue weighted by Gasteiger charge is -2.50. The number of cyclic esters (lactones) is 1. The number of likely N-dealkylation sites (N-methyl/N-ethyl adjacent to an activating group) is 1. The molecule has 0 bridgehead atoms. The Kier molecular flexibility index (Phi) is 19.4. The van der Waals surface area contributed by atoms with Gasteiger partial charge in [0.1, 0.15) is 42.4 Å². The summed E-state index contributed by atoms with van der Waals surface area (Å²) in [6, 6.07) is -0.782. The topological polar surface area (TPSA) is 206 Å². The number of aliphatic hydroxyl groups is 3. The van der Waals surface area contributed by atoms with Crippen LogP contribution in [0, 0.1) is 17.8 Å². The van der Waals surface area contributed by atoms with Crippen LogP contribution in [-0.4, -0.2) is 151 Å². The Morgan fingerprint density at radius 1 is 1.02 bits per heavy atom. The highest BCUT2D eigenvalue weighted by Gasteiger charge is 2.53. The fourth-order valence-electron chi connectivity index (χ4n) is 8.08. The number of carbonyl (C=O) groups is 4. The van der Waals surface area contributed by atoms with E-state index in [1.54, 1.807) is 71.0 Å². The van der Waals surface area contributed by atoms with Crippen molar-refractivity contribution in [2.75, 3.05) is 21.2 Å². The largest absolute Gasteiger partial charge is 0.462 e. The third-order valence-corrected chi connectivity index (χ3v) is 10.9. The van der Waals surface area contributed by atoms with Gasteiger partial charge in [-0.2, -0.15) is 0 Å². The maximum Gasteiger partial charge on any atom is 0.309 e. The van der Waals surface area contributed by atoms with Crippen molar-refractivity contribution in [3.05, 3.63) is 24.3 Å². The van der Waals surface area contributed by atoms with Crippen molar-refractivity contribution < 1.29 is 72.4 Å². The van der Waals surface area contributed by atoms with Gasteiger partial charge in [0.2, 0.25) is 0 Å². The van der Waals surface area contributed by atoms with E-state index in [1.165, 1.54) is 14.0 Å². The average molecular weight is 828 g/mol. The van der Waals surface area contributed by atoms with Crippen molar-refractivity contribution in [3.8, 4) is 0 Å². The van der Waals surface area contributed by atoms with Crippen LogP contribution >= 0.6 is 0 Å². The lowest BCUT2D eigenvalue weighted by molar-refractivity contribution is -0.344. The summed E-state index contributed by atoms with van der Waals surface area (Å²) in [6.07, 6.45) is -4.11. The van der Waals surface area contributed by atoms with Crippen molar-refractivity contribution in [3.63, 3.8) is 0 Å². The molecule has 3 rings (SSSR count). The van der Waals surface area contributed by atoms with Crippen molar-refractivity contribution in [2.45, 2.75) is 179 Å². The second-order valence-electron chi connectivity index (χ2n) is 17.0. The lowest BCUT2D eigenvalue weighted by Crippen LogP contribution is -2.66. The molecule has 16 nitrogen and oxygen atoms in total. The van der Waals surface area contributed by atoms with E-state index in [1.807, 2.05) is 20.8 Å². The highest BCUT2D eigenvalue weighted by atomic mass is 16.7. The first-order chi connectivity index (χ1) is 27.2. The maximum atomic E-state index is 13.2. The number of hydrogen-bond donors (Lipinski definition) is 3. The van der Waals surface area contributed by atoms with E-state index >= 15 is 0 Å². The summed E-state index contributed by atoms with van der Waals surface area (Å²) in [7, 11) is 4.86. The molecule has 58 heavy (non-hydrogen) atoms. The van der Waals surface area contributed by atoms with Gasteiger partial charge in [0.25, 0.3) is 0 Å². The van der Waals surface area contributed by atoms with E-state index in [-0.39, 0.29) is 31.6 Å². The SMILES string of the molecule is CO[C@@H]1[C@@H](O[C@@H]2O[C@H](C)[C@@H](O[C@H]3C[C@@](C)(O)[C@@H](OC(=O)CC(C)C)[C@H](C)O3)[C@@H](N(C)C)[C@H]2O)[C@@H](CC=O)C[C@@H](C)[C@@H](O)/C=C/C=C/C[C@@H](C)OC(=O)C[C@H]1OC(C)=O. The summed E-state index contributed by atoms with van der Waals surface area (Å²) >= 11 is 0. The Labute approximate surface area is 343 Å². The van der Waals surface area contributed by atoms with Crippen LogP contribution in [0.2, 0.25) is 0 Å². The number of esters is 3. The first-order valence-corrected chi connectivity index (χ1v) is 20.4. The summed E-state index contributed by atoms with van der Waals surface area (Å²) in [6.45, 7) is 13.5. The lowest BCUT2D eigenvalue weighted by atomic mass is 9.82. The van der Waals surface area contributed by atoms with E-state index < -0.39 is 121 Å². The van der Waals surface area contributed by atoms with Crippen LogP contribution in [0.1, 0.15) is 93.9 Å². The molecule has 3 aliphatic heterocycles. The molecular weight excluding hydrogens is 758 g/mol. The summed E-state index contributed by atoms with van der Waals surface area (Å²) < 4.78 is 48.6. The highest BCUT2D eigenvalue weighted by molar-refractivity contribution is 5.72. The first-order valence-electron chi connectivity index (χ1n) is 20.4. The highest BCUT2D eigenvalue weighted by Crippen LogP contribution is 2.38. The number of allylic oxidation sites excluding steroid dienone is 2. The van der Waals surface area contributed by atoms with Gasteiger partial charge in [-0.3, -0.25) is 14.4 Å². The molecule has 2 fully saturated rings. The molecule has 0 aromatic rings. The number of aliphatic hydroxyl groups excluding tert-OH is 2. The quantitative estimate of drug-likeness (QED) is 0.147. The third-order valence-electron chi connectivity index (χ3n) is 10.9. The fraction of sp³-hybridized carbons (Fsp3) is 0.810. The molecule has 0 unspecified atom stereocenters. The summed E-state index contributed by atoms with van der Waals surface area (Å²) in [5, 5.41) is 34.6. The van der Waals surface area contributed by atoms with Crippen molar-refractivity contribution in [1.82, 2.24) is 4.90 Å². The molecule has 0 radical (unpaired) electrons. The third kappa shape index (κ3) is 14.2. The van der Waals surface area contributed by atoms with E-state index in [4.69, 9.17) is 37.9 Å². The number of carbonyl (C=O) groups excluding carboxylic acids is 4. The fourth-order valence-corrected chi connectivity index (χ4v) is 8.08. The van der Waals surface area contributed by atoms with E-state index in [0.29, 0.717) is 12.7 Å². The van der Waals surface area contributed by atoms with E-state index in [9.17, 15) is 34.5 Å². The Morgan fingerprint density at radius 3 is 2.29 bits per heavy atom. The van der Waals surface area contributed by atoms with Gasteiger partial charge < -0.3 is 62.9 Å². The van der Waals surface area contributed by atoms with Gasteiger partial charge in [-0.1, -0.05) is 45.1 Å². The second kappa shape index (κ2) is 22.7. The van der Waals surface area contributed by atoms with E-state index in [2.05, 4.69) is 0 Å². The minimum Gasteiger partial charge on any atom is -0.462 e. The standard InChI is InChI=1S/C42H69NO15/c1-23(2)19-32(47)56-40-27(6)53-34(22-42(40,8)50)57-37-26(5)54-41(36(49)35(37)43(9)10)58-38-29(17-18-44)20-24(3)30(46)16-14-12-13-15-25(4)52-33(48)21-31(39(38)51-11)55-28(7)45/h12-14,16,18,23-27,29-31,34-41,46,49-50H,15,17,19-22H2,1-11H3/b13-12+,16-14+/t24-,25-,26-,27+,29+,30+,31-,34+,35+,36-,37-,38+,39+,40+,41+,42-/m1/s1. The first kappa shape index (κ1) is 49.6. The van der Waals surface area contributed by atoms with E-state index in [0.717, 1.165) is 0 Å². The van der Waals surface area contributed by atoms with Gasteiger partial charge in [0.05, 0.1) is 36.9 Å². The Morgan fingerprint density at radius 2 is 1.71 bits per heavy atom. The van der Waals surface area contributed by atoms with Crippen LogP contribution in [0.15, 0.2) is 24.3 Å². The molecule has 0 aromatic heterocycles. The number of methoxy groups -OCH3 is 1. The Bertz CT molecular complexity index is 1390. The molecule has 16 atom stereocenters. The normalized spacial score (nSPS) is 40.7. The van der Waals surface area contributed by atoms with Crippen LogP contribution in [0.3, 0.4) is 0 Å². The molecule has 3 N–H and O–H groups in total. The number of aldehydes is 1. The number of nitrogens with zero attached hydrogens (tertiary/aromatic N) is 1. The molecule has 2 saturated heterocycles. The predicted molar refractivity (Wildman–Crippen MR) is 210 cm³/mol. The van der Waals surface area contributed by atoms with Gasteiger partial charge in [-0.25, -0.2) is 0 Å². The molecule has 0 aromatic carbocycles. The Balaban J connectivity index is 1.98. The van der Waals surface area contributed by atoms with Crippen LogP contribution in [0.5, 0.6) is 0 Å². The van der Waals surface area contributed by atoms with Crippen LogP contribution in [0.25, 0.3) is 0 Å². The number of hydrogen-bond acceptors (Lipinski definition) is 16. The molecule has 3 aliphatic rings. The number of rotatable bonds is 12. The van der Waals surface area contributed by atoms with Crippen molar-refractivity contribution >= 4 is 24.2 Å². The minimum absolute atomic E-state index is 0.0460. The van der Waals surface area contributed by atoms with Gasteiger partial charge in [0.15, 0.2) is 18.7 Å². The zero-order valence-corrected chi connectivity index (χ0v) is 36.1. The van der Waals surface area contributed by atoms with Gasteiger partial charge >= 0.3 is 17.9 Å². The smallest absolute Gasteiger partial charge is 0.309 e. The molecule has 16 heteroatoms. The summed E-state index contributed by atoms with van der Waals surface area (Å²) in [5.74, 6) is -2.82. The molecule has 0 saturated carbocycles. The average Bonchev–Trinajstić information content (AvgIpc) is 3.09. The van der Waals surface area contributed by atoms with Gasteiger partial charge in [0, 0.05) is 39.7 Å². The van der Waals surface area contributed by atoms with Crippen LogP contribution in [0.4, 0.5) is 0 Å². The van der Waals surface area contributed by atoms with Crippen LogP contribution < -0.4 is 0 Å². The zero-order valence-electron chi connectivity index (χ0n) is 36.1. The summed E-state index contributed by atoms with van der Waals surface area (Å²) in [4.78, 5) is 52.3. The molecule has 0 spiro atoms. The Hall–Kier alpha value is -2.80.